The highest BCUT2D eigenvalue weighted by Gasteiger charge is 1.87. The zero-order valence-electron chi connectivity index (χ0n) is 6.27. The predicted octanol–water partition coefficient (Wildman–Crippen LogP) is 2.04. The lowest BCUT2D eigenvalue weighted by Crippen LogP contribution is -1.66. The summed E-state index contributed by atoms with van der Waals surface area (Å²) in [6.07, 6.45) is 9.23. The Labute approximate surface area is 74.0 Å². The van der Waals surface area contributed by atoms with E-state index < -0.39 is 0 Å². The number of H-pyrrole nitrogens is 1. The Morgan fingerprint density at radius 1 is 1.33 bits per heavy atom. The first-order valence-corrected chi connectivity index (χ1v) is 4.34. The summed E-state index contributed by atoms with van der Waals surface area (Å²) in [5.41, 5.74) is 2.12. The number of rotatable bonds is 2. The monoisotopic (exact) mass is 177 g/mol. The fourth-order valence-electron chi connectivity index (χ4n) is 0.839. The predicted molar refractivity (Wildman–Crippen MR) is 49.6 cm³/mol. The Kier molecular flexibility index (Phi) is 2.00. The third kappa shape index (κ3) is 1.60. The van der Waals surface area contributed by atoms with Crippen molar-refractivity contribution < 1.29 is 0 Å². The molecule has 2 heterocycles. The van der Waals surface area contributed by atoms with E-state index in [9.17, 15) is 0 Å². The summed E-state index contributed by atoms with van der Waals surface area (Å²) < 4.78 is 3.99. The molecule has 2 aromatic rings. The first kappa shape index (κ1) is 7.24. The van der Waals surface area contributed by atoms with Crippen LogP contribution < -0.4 is 0 Å². The number of hydrogen-bond donors (Lipinski definition) is 1. The van der Waals surface area contributed by atoms with Crippen LogP contribution in [-0.4, -0.2) is 14.3 Å². The van der Waals surface area contributed by atoms with Gasteiger partial charge in [-0.15, -0.1) is 0 Å². The maximum absolute atomic E-state index is 3.99. The molecule has 0 aliphatic carbocycles. The molecule has 12 heavy (non-hydrogen) atoms. The van der Waals surface area contributed by atoms with Crippen LogP contribution in [0.5, 0.6) is 0 Å². The van der Waals surface area contributed by atoms with Gasteiger partial charge in [0.25, 0.3) is 0 Å². The van der Waals surface area contributed by atoms with E-state index in [2.05, 4.69) is 14.3 Å². The van der Waals surface area contributed by atoms with Crippen LogP contribution >= 0.6 is 11.5 Å². The Morgan fingerprint density at radius 2 is 2.33 bits per heavy atom. The molecule has 3 nitrogen and oxygen atoms in total. The molecule has 0 aromatic carbocycles. The van der Waals surface area contributed by atoms with Crippen LogP contribution in [0.15, 0.2) is 24.1 Å². The molecule has 0 atom stereocenters. The SMILES string of the molecule is C(=Cc1cnc[nH]1)c1cnsc1. The molecule has 0 aliphatic rings. The maximum Gasteiger partial charge on any atom is 0.0924 e. The van der Waals surface area contributed by atoms with Crippen molar-refractivity contribution in [2.45, 2.75) is 0 Å². The van der Waals surface area contributed by atoms with Crippen LogP contribution in [0, 0.1) is 0 Å². The van der Waals surface area contributed by atoms with Gasteiger partial charge in [-0.05, 0) is 17.6 Å². The van der Waals surface area contributed by atoms with Gasteiger partial charge in [-0.3, -0.25) is 0 Å². The minimum atomic E-state index is 1.00. The minimum Gasteiger partial charge on any atom is -0.345 e. The number of nitrogens with zero attached hydrogens (tertiary/aromatic N) is 2. The molecule has 2 aromatic heterocycles. The molecular formula is C8H7N3S. The van der Waals surface area contributed by atoms with Crippen molar-refractivity contribution in [3.05, 3.63) is 35.4 Å². The minimum absolute atomic E-state index is 1.00. The molecule has 0 bridgehead atoms. The molecule has 0 fully saturated rings. The van der Waals surface area contributed by atoms with E-state index in [1.165, 1.54) is 11.5 Å². The van der Waals surface area contributed by atoms with Gasteiger partial charge < -0.3 is 4.98 Å². The second-order valence-corrected chi connectivity index (χ2v) is 2.96. The maximum atomic E-state index is 3.99. The molecular weight excluding hydrogens is 170 g/mol. The van der Waals surface area contributed by atoms with Gasteiger partial charge in [-0.2, -0.15) is 0 Å². The van der Waals surface area contributed by atoms with E-state index in [1.54, 1.807) is 12.5 Å². The molecule has 0 saturated heterocycles. The molecule has 60 valence electrons. The summed E-state index contributed by atoms with van der Waals surface area (Å²) in [6, 6.07) is 0. The van der Waals surface area contributed by atoms with Gasteiger partial charge in [0.2, 0.25) is 0 Å². The van der Waals surface area contributed by atoms with Crippen molar-refractivity contribution in [2.75, 3.05) is 0 Å². The second-order valence-electron chi connectivity index (χ2n) is 2.30. The standard InChI is InChI=1S/C8H7N3S/c1(7-3-11-12-5-7)2-8-4-9-6-10-8/h1-6H,(H,9,10). The summed E-state index contributed by atoms with van der Waals surface area (Å²) in [6.45, 7) is 0. The van der Waals surface area contributed by atoms with E-state index in [1.807, 2.05) is 23.7 Å². The van der Waals surface area contributed by atoms with Gasteiger partial charge >= 0.3 is 0 Å². The third-order valence-corrected chi connectivity index (χ3v) is 2.03. The Morgan fingerprint density at radius 3 is 3.00 bits per heavy atom. The van der Waals surface area contributed by atoms with Crippen LogP contribution in [0.4, 0.5) is 0 Å². The highest BCUT2D eigenvalue weighted by molar-refractivity contribution is 7.03. The highest BCUT2D eigenvalue weighted by Crippen LogP contribution is 2.06. The Balaban J connectivity index is 2.14. The first-order chi connectivity index (χ1) is 5.95. The topological polar surface area (TPSA) is 41.6 Å². The molecule has 0 unspecified atom stereocenters. The van der Waals surface area contributed by atoms with Gasteiger partial charge in [-0.25, -0.2) is 9.36 Å². The quantitative estimate of drug-likeness (QED) is 0.762. The van der Waals surface area contributed by atoms with Crippen molar-refractivity contribution in [1.82, 2.24) is 14.3 Å². The Hall–Kier alpha value is -1.42. The van der Waals surface area contributed by atoms with Crippen LogP contribution in [0.1, 0.15) is 11.3 Å². The molecule has 4 heteroatoms. The van der Waals surface area contributed by atoms with Crippen molar-refractivity contribution in [3.63, 3.8) is 0 Å². The second kappa shape index (κ2) is 3.32. The third-order valence-electron chi connectivity index (χ3n) is 1.43. The average Bonchev–Trinajstić information content (AvgIpc) is 2.74. The Bertz CT molecular complexity index is 311. The zero-order valence-corrected chi connectivity index (χ0v) is 7.08. The van der Waals surface area contributed by atoms with Gasteiger partial charge in [0.1, 0.15) is 0 Å². The summed E-state index contributed by atoms with van der Waals surface area (Å²) in [5.74, 6) is 0. The summed E-state index contributed by atoms with van der Waals surface area (Å²) in [4.78, 5) is 6.89. The van der Waals surface area contributed by atoms with Crippen LogP contribution in [0.3, 0.4) is 0 Å². The van der Waals surface area contributed by atoms with Gasteiger partial charge in [0.15, 0.2) is 0 Å². The molecule has 0 aliphatic heterocycles. The van der Waals surface area contributed by atoms with Crippen LogP contribution in [0.25, 0.3) is 12.2 Å². The lowest BCUT2D eigenvalue weighted by atomic mass is 10.3. The van der Waals surface area contributed by atoms with E-state index in [4.69, 9.17) is 0 Å². The van der Waals surface area contributed by atoms with Crippen LogP contribution in [-0.2, 0) is 0 Å². The number of hydrogen-bond acceptors (Lipinski definition) is 3. The van der Waals surface area contributed by atoms with Gasteiger partial charge in [0, 0.05) is 17.1 Å². The van der Waals surface area contributed by atoms with Crippen molar-refractivity contribution in [3.8, 4) is 0 Å². The molecule has 1 N–H and O–H groups in total. The van der Waals surface area contributed by atoms with Crippen molar-refractivity contribution in [2.24, 2.45) is 0 Å². The van der Waals surface area contributed by atoms with E-state index in [0.29, 0.717) is 0 Å². The summed E-state index contributed by atoms with van der Waals surface area (Å²) >= 11 is 1.45. The van der Waals surface area contributed by atoms with E-state index in [0.717, 1.165) is 11.3 Å². The van der Waals surface area contributed by atoms with Crippen molar-refractivity contribution >= 4 is 23.7 Å². The summed E-state index contributed by atoms with van der Waals surface area (Å²) in [5, 5.41) is 1.99. The fourth-order valence-corrected chi connectivity index (χ4v) is 1.34. The smallest absolute Gasteiger partial charge is 0.0924 e. The average molecular weight is 177 g/mol. The van der Waals surface area contributed by atoms with Gasteiger partial charge in [-0.1, -0.05) is 6.08 Å². The number of nitrogens with one attached hydrogen (secondary N) is 1. The van der Waals surface area contributed by atoms with Crippen molar-refractivity contribution in [1.29, 1.82) is 0 Å². The van der Waals surface area contributed by atoms with Gasteiger partial charge in [0.05, 0.1) is 18.2 Å². The fraction of sp³-hybridized carbons (Fsp3) is 0. The first-order valence-electron chi connectivity index (χ1n) is 3.51. The summed E-state index contributed by atoms with van der Waals surface area (Å²) in [7, 11) is 0. The number of imidazole rings is 1. The largest absolute Gasteiger partial charge is 0.345 e. The molecule has 0 amide bonds. The molecule has 2 rings (SSSR count). The lowest BCUT2D eigenvalue weighted by Gasteiger charge is -1.81. The van der Waals surface area contributed by atoms with E-state index in [-0.39, 0.29) is 0 Å². The lowest BCUT2D eigenvalue weighted by molar-refractivity contribution is 1.31. The number of aromatic nitrogens is 3. The van der Waals surface area contributed by atoms with E-state index >= 15 is 0 Å². The molecule has 0 spiro atoms. The molecule has 0 radical (unpaired) electrons. The zero-order chi connectivity index (χ0) is 8.23. The highest BCUT2D eigenvalue weighted by atomic mass is 32.1. The number of aromatic amines is 1. The molecule has 0 saturated carbocycles. The van der Waals surface area contributed by atoms with Crippen LogP contribution in [0.2, 0.25) is 0 Å². The normalized spacial score (nSPS) is 11.0.